The van der Waals surface area contributed by atoms with Crippen molar-refractivity contribution in [1.29, 1.82) is 0 Å². The number of rotatable bonds is 4. The first kappa shape index (κ1) is 13.2. The number of hydrogen-bond donors (Lipinski definition) is 1. The van der Waals surface area contributed by atoms with Gasteiger partial charge in [-0.1, -0.05) is 11.3 Å². The van der Waals surface area contributed by atoms with Gasteiger partial charge in [-0.3, -0.25) is 0 Å². The summed E-state index contributed by atoms with van der Waals surface area (Å²) in [6, 6.07) is 0.0394. The zero-order valence-electron chi connectivity index (χ0n) is 8.95. The molecule has 0 unspecified atom stereocenters. The highest BCUT2D eigenvalue weighted by atomic mass is 32.1. The quantitative estimate of drug-likeness (QED) is 0.889. The highest BCUT2D eigenvalue weighted by Crippen LogP contribution is 2.34. The molecule has 0 aliphatic carbocycles. The Hall–Kier alpha value is -0.890. The molecule has 1 aromatic heterocycles. The number of anilines is 1. The summed E-state index contributed by atoms with van der Waals surface area (Å²) in [4.78, 5) is 1.70. The van der Waals surface area contributed by atoms with Gasteiger partial charge in [0.2, 0.25) is 10.1 Å². The van der Waals surface area contributed by atoms with Crippen LogP contribution in [0.4, 0.5) is 18.3 Å². The van der Waals surface area contributed by atoms with Crippen LogP contribution < -0.4 is 10.6 Å². The lowest BCUT2D eigenvalue weighted by Gasteiger charge is -2.24. The molecule has 0 radical (unpaired) electrons. The number of nitrogens with zero attached hydrogens (tertiary/aromatic N) is 3. The fraction of sp³-hybridized carbons (Fsp3) is 0.750. The van der Waals surface area contributed by atoms with Crippen LogP contribution in [0.1, 0.15) is 18.9 Å². The molecule has 0 amide bonds. The van der Waals surface area contributed by atoms with Gasteiger partial charge in [-0.25, -0.2) is 0 Å². The van der Waals surface area contributed by atoms with Crippen molar-refractivity contribution in [2.75, 3.05) is 18.0 Å². The summed E-state index contributed by atoms with van der Waals surface area (Å²) in [5.74, 6) is 0. The average Bonchev–Trinajstić information content (AvgIpc) is 2.61. The van der Waals surface area contributed by atoms with E-state index >= 15 is 0 Å². The maximum atomic E-state index is 12.3. The highest BCUT2D eigenvalue weighted by Gasteiger charge is 2.36. The maximum Gasteiger partial charge on any atom is 0.445 e. The van der Waals surface area contributed by atoms with Crippen molar-refractivity contribution in [2.45, 2.75) is 26.1 Å². The first-order chi connectivity index (χ1) is 7.36. The summed E-state index contributed by atoms with van der Waals surface area (Å²) >= 11 is 0.539. The van der Waals surface area contributed by atoms with Crippen LogP contribution in [0.2, 0.25) is 0 Å². The van der Waals surface area contributed by atoms with Crippen molar-refractivity contribution in [3.8, 4) is 0 Å². The van der Waals surface area contributed by atoms with Gasteiger partial charge < -0.3 is 10.6 Å². The molecule has 1 aromatic rings. The predicted molar refractivity (Wildman–Crippen MR) is 56.4 cm³/mol. The number of alkyl halides is 3. The summed E-state index contributed by atoms with van der Waals surface area (Å²) in [7, 11) is 0. The van der Waals surface area contributed by atoms with Gasteiger partial charge in [0.25, 0.3) is 0 Å². The molecule has 8 heteroatoms. The van der Waals surface area contributed by atoms with Crippen molar-refractivity contribution in [2.24, 2.45) is 5.73 Å². The first-order valence-electron chi connectivity index (χ1n) is 4.73. The molecular formula is C8H13F3N4S. The Bertz CT molecular complexity index is 336. The Labute approximate surface area is 95.3 Å². The molecular weight excluding hydrogens is 241 g/mol. The van der Waals surface area contributed by atoms with E-state index in [1.165, 1.54) is 0 Å². The molecule has 0 aliphatic heterocycles. The van der Waals surface area contributed by atoms with Gasteiger partial charge >= 0.3 is 6.18 Å². The third-order valence-electron chi connectivity index (χ3n) is 1.90. The first-order valence-corrected chi connectivity index (χ1v) is 5.55. The predicted octanol–water partition coefficient (Wildman–Crippen LogP) is 1.73. The lowest BCUT2D eigenvalue weighted by atomic mass is 10.3. The monoisotopic (exact) mass is 254 g/mol. The fourth-order valence-corrected chi connectivity index (χ4v) is 2.03. The average molecular weight is 254 g/mol. The van der Waals surface area contributed by atoms with E-state index in [0.29, 0.717) is 24.4 Å². The third kappa shape index (κ3) is 3.05. The SMILES string of the molecule is CC(C)N(CCN)c1nnc(C(F)(F)F)s1. The van der Waals surface area contributed by atoms with Gasteiger partial charge in [0.1, 0.15) is 0 Å². The summed E-state index contributed by atoms with van der Waals surface area (Å²) in [6.45, 7) is 4.55. The second-order valence-electron chi connectivity index (χ2n) is 3.46. The highest BCUT2D eigenvalue weighted by molar-refractivity contribution is 7.15. The second kappa shape index (κ2) is 4.96. The van der Waals surface area contributed by atoms with Crippen LogP contribution in [-0.4, -0.2) is 29.3 Å². The minimum Gasteiger partial charge on any atom is -0.343 e. The van der Waals surface area contributed by atoms with Crippen LogP contribution in [-0.2, 0) is 6.18 Å². The Morgan fingerprint density at radius 2 is 2.00 bits per heavy atom. The van der Waals surface area contributed by atoms with E-state index in [0.717, 1.165) is 0 Å². The van der Waals surface area contributed by atoms with Gasteiger partial charge in [0.15, 0.2) is 0 Å². The van der Waals surface area contributed by atoms with Crippen molar-refractivity contribution < 1.29 is 13.2 Å². The Kier molecular flexibility index (Phi) is 4.09. The minimum absolute atomic E-state index is 0.0394. The molecule has 0 atom stereocenters. The van der Waals surface area contributed by atoms with Gasteiger partial charge in [-0.05, 0) is 13.8 Å². The largest absolute Gasteiger partial charge is 0.445 e. The van der Waals surface area contributed by atoms with Crippen molar-refractivity contribution >= 4 is 16.5 Å². The van der Waals surface area contributed by atoms with Gasteiger partial charge in [0.05, 0.1) is 0 Å². The molecule has 0 fully saturated rings. The summed E-state index contributed by atoms with van der Waals surface area (Å²) < 4.78 is 36.9. The van der Waals surface area contributed by atoms with Crippen molar-refractivity contribution in [3.63, 3.8) is 0 Å². The zero-order chi connectivity index (χ0) is 12.3. The molecule has 4 nitrogen and oxygen atoms in total. The molecule has 0 spiro atoms. The summed E-state index contributed by atoms with van der Waals surface area (Å²) in [6.07, 6.45) is -4.43. The Morgan fingerprint density at radius 3 is 2.38 bits per heavy atom. The molecule has 1 rings (SSSR count). The van der Waals surface area contributed by atoms with E-state index in [9.17, 15) is 13.2 Å². The molecule has 1 heterocycles. The van der Waals surface area contributed by atoms with Crippen LogP contribution in [0.15, 0.2) is 0 Å². The summed E-state index contributed by atoms with van der Waals surface area (Å²) in [5, 5.41) is 6.01. The number of halogens is 3. The van der Waals surface area contributed by atoms with E-state index in [4.69, 9.17) is 5.73 Å². The molecule has 0 aliphatic rings. The van der Waals surface area contributed by atoms with Crippen LogP contribution in [0.5, 0.6) is 0 Å². The van der Waals surface area contributed by atoms with Crippen molar-refractivity contribution in [3.05, 3.63) is 5.01 Å². The van der Waals surface area contributed by atoms with Crippen LogP contribution in [0.25, 0.3) is 0 Å². The lowest BCUT2D eigenvalue weighted by molar-refractivity contribution is -0.138. The van der Waals surface area contributed by atoms with E-state index in [1.807, 2.05) is 13.8 Å². The normalized spacial score (nSPS) is 12.2. The lowest BCUT2D eigenvalue weighted by Crippen LogP contribution is -2.35. The molecule has 0 saturated carbocycles. The molecule has 0 saturated heterocycles. The van der Waals surface area contributed by atoms with Gasteiger partial charge in [-0.2, -0.15) is 13.2 Å². The van der Waals surface area contributed by atoms with Crippen LogP contribution >= 0.6 is 11.3 Å². The third-order valence-corrected chi connectivity index (χ3v) is 2.90. The standard InChI is InChI=1S/C8H13F3N4S/c1-5(2)15(4-3-12)7-14-13-6(16-7)8(9,10)11/h5H,3-4,12H2,1-2H3. The number of hydrogen-bond acceptors (Lipinski definition) is 5. The fourth-order valence-electron chi connectivity index (χ4n) is 1.16. The second-order valence-corrected chi connectivity index (χ2v) is 4.42. The van der Waals surface area contributed by atoms with Crippen molar-refractivity contribution in [1.82, 2.24) is 10.2 Å². The number of aromatic nitrogens is 2. The smallest absolute Gasteiger partial charge is 0.343 e. The van der Waals surface area contributed by atoms with Crippen LogP contribution in [0.3, 0.4) is 0 Å². The van der Waals surface area contributed by atoms with Gasteiger partial charge in [-0.15, -0.1) is 10.2 Å². The minimum atomic E-state index is -4.43. The topological polar surface area (TPSA) is 55.0 Å². The molecule has 92 valence electrons. The van der Waals surface area contributed by atoms with E-state index < -0.39 is 11.2 Å². The van der Waals surface area contributed by atoms with E-state index in [1.54, 1.807) is 4.90 Å². The van der Waals surface area contributed by atoms with E-state index in [2.05, 4.69) is 10.2 Å². The molecule has 2 N–H and O–H groups in total. The zero-order valence-corrected chi connectivity index (χ0v) is 9.77. The van der Waals surface area contributed by atoms with E-state index in [-0.39, 0.29) is 11.2 Å². The maximum absolute atomic E-state index is 12.3. The molecule has 16 heavy (non-hydrogen) atoms. The number of nitrogens with two attached hydrogens (primary N) is 1. The Balaban J connectivity index is 2.90. The van der Waals surface area contributed by atoms with Gasteiger partial charge in [0, 0.05) is 19.1 Å². The molecule has 0 bridgehead atoms. The molecule has 0 aromatic carbocycles. The summed E-state index contributed by atoms with van der Waals surface area (Å²) in [5.41, 5.74) is 5.39. The van der Waals surface area contributed by atoms with Crippen LogP contribution in [0, 0.1) is 0 Å². The Morgan fingerprint density at radius 1 is 1.38 bits per heavy atom.